The topological polar surface area (TPSA) is 77.8 Å². The number of methoxy groups -OCH3 is 2. The highest BCUT2D eigenvalue weighted by Crippen LogP contribution is 2.33. The van der Waals surface area contributed by atoms with Crippen LogP contribution in [-0.2, 0) is 0 Å². The maximum absolute atomic E-state index is 12.7. The highest BCUT2D eigenvalue weighted by molar-refractivity contribution is 6.14. The molecule has 0 fully saturated rings. The summed E-state index contributed by atoms with van der Waals surface area (Å²) in [7, 11) is 3.06. The Hall–Kier alpha value is -3.46. The van der Waals surface area contributed by atoms with Crippen LogP contribution < -0.4 is 18.9 Å². The van der Waals surface area contributed by atoms with Crippen molar-refractivity contribution in [3.63, 3.8) is 0 Å². The number of carbonyl (C=O) groups is 1. The molecule has 0 radical (unpaired) electrons. The van der Waals surface area contributed by atoms with Gasteiger partial charge in [-0.25, -0.2) is 0 Å². The summed E-state index contributed by atoms with van der Waals surface area (Å²) in [6.07, 6.45) is 1.49. The van der Waals surface area contributed by atoms with Crippen molar-refractivity contribution in [2.24, 2.45) is 0 Å². The van der Waals surface area contributed by atoms with Crippen molar-refractivity contribution in [1.82, 2.24) is 0 Å². The molecule has 6 nitrogen and oxygen atoms in total. The fraction of sp³-hybridized carbons (Fsp3) is 0.158. The van der Waals surface area contributed by atoms with Crippen LogP contribution in [0.5, 0.6) is 23.0 Å². The predicted molar refractivity (Wildman–Crippen MR) is 90.0 cm³/mol. The van der Waals surface area contributed by atoms with E-state index in [2.05, 4.69) is 0 Å². The van der Waals surface area contributed by atoms with Gasteiger partial charge in [0.15, 0.2) is 11.5 Å². The Bertz CT molecular complexity index is 895. The largest absolute Gasteiger partial charge is 0.497 e. The molecule has 0 saturated heterocycles. The molecule has 6 heteroatoms. The van der Waals surface area contributed by atoms with Gasteiger partial charge < -0.3 is 18.9 Å². The van der Waals surface area contributed by atoms with E-state index in [1.807, 2.05) is 6.07 Å². The van der Waals surface area contributed by atoms with Crippen LogP contribution in [0.2, 0.25) is 0 Å². The van der Waals surface area contributed by atoms with Crippen molar-refractivity contribution in [2.75, 3.05) is 21.0 Å². The predicted octanol–water partition coefficient (Wildman–Crippen LogP) is 3.22. The summed E-state index contributed by atoms with van der Waals surface area (Å²) in [4.78, 5) is 12.7. The number of benzene rings is 2. The summed E-state index contributed by atoms with van der Waals surface area (Å²) in [5.74, 6) is 1.79. The molecule has 0 bridgehead atoms. The molecule has 126 valence electrons. The lowest BCUT2D eigenvalue weighted by Gasteiger charge is -2.08. The third-order valence-electron chi connectivity index (χ3n) is 3.74. The second-order valence-corrected chi connectivity index (χ2v) is 5.17. The highest BCUT2D eigenvalue weighted by atomic mass is 16.7. The Morgan fingerprint density at radius 1 is 1.12 bits per heavy atom. The van der Waals surface area contributed by atoms with Crippen LogP contribution in [0.1, 0.15) is 15.9 Å². The van der Waals surface area contributed by atoms with Gasteiger partial charge in [0.05, 0.1) is 14.2 Å². The molecule has 1 aliphatic rings. The summed E-state index contributed by atoms with van der Waals surface area (Å²) in [5, 5.41) is 9.42. The molecule has 1 heterocycles. The van der Waals surface area contributed by atoms with E-state index >= 15 is 0 Å². The number of hydrogen-bond acceptors (Lipinski definition) is 6. The van der Waals surface area contributed by atoms with Crippen LogP contribution in [0.25, 0.3) is 6.08 Å². The molecule has 0 aliphatic carbocycles. The van der Waals surface area contributed by atoms with Gasteiger partial charge in [-0.2, -0.15) is 5.26 Å². The second-order valence-electron chi connectivity index (χ2n) is 5.17. The zero-order valence-electron chi connectivity index (χ0n) is 13.7. The summed E-state index contributed by atoms with van der Waals surface area (Å²) >= 11 is 0. The highest BCUT2D eigenvalue weighted by Gasteiger charge is 2.19. The van der Waals surface area contributed by atoms with Gasteiger partial charge in [0.25, 0.3) is 0 Å². The van der Waals surface area contributed by atoms with Crippen molar-refractivity contribution >= 4 is 11.9 Å². The maximum Gasteiger partial charge on any atom is 0.231 e. The minimum Gasteiger partial charge on any atom is -0.497 e. The number of ether oxygens (including phenoxy) is 4. The maximum atomic E-state index is 12.7. The van der Waals surface area contributed by atoms with E-state index in [0.717, 1.165) is 0 Å². The summed E-state index contributed by atoms with van der Waals surface area (Å²) in [6, 6.07) is 11.9. The molecule has 2 aromatic carbocycles. The van der Waals surface area contributed by atoms with E-state index < -0.39 is 5.78 Å². The zero-order valence-corrected chi connectivity index (χ0v) is 13.7. The van der Waals surface area contributed by atoms with Gasteiger partial charge in [0.2, 0.25) is 12.6 Å². The third kappa shape index (κ3) is 3.26. The number of rotatable bonds is 5. The van der Waals surface area contributed by atoms with E-state index in [1.165, 1.54) is 13.2 Å². The molecule has 0 atom stereocenters. The molecule has 0 unspecified atom stereocenters. The number of Topliss-reactive ketones (excluding diaryl/α,β-unsaturated/α-hetero) is 1. The SMILES string of the molecule is COc1ccc(C=C(C#N)C(=O)c2ccc3c(c2)OCO3)c(OC)c1. The molecule has 0 spiro atoms. The second kappa shape index (κ2) is 6.97. The first-order valence-electron chi connectivity index (χ1n) is 7.44. The number of nitrogens with zero attached hydrogens (tertiary/aromatic N) is 1. The van der Waals surface area contributed by atoms with Crippen molar-refractivity contribution in [3.8, 4) is 29.1 Å². The Morgan fingerprint density at radius 3 is 2.64 bits per heavy atom. The van der Waals surface area contributed by atoms with Gasteiger partial charge in [-0.15, -0.1) is 0 Å². The minimum atomic E-state index is -0.404. The normalized spacial score (nSPS) is 12.4. The van der Waals surface area contributed by atoms with E-state index in [1.54, 1.807) is 43.5 Å². The lowest BCUT2D eigenvalue weighted by molar-refractivity contribution is 0.103. The number of hydrogen-bond donors (Lipinski definition) is 0. The van der Waals surface area contributed by atoms with Crippen LogP contribution in [0.15, 0.2) is 42.0 Å². The Morgan fingerprint density at radius 2 is 1.92 bits per heavy atom. The van der Waals surface area contributed by atoms with E-state index in [0.29, 0.717) is 34.1 Å². The van der Waals surface area contributed by atoms with Crippen molar-refractivity contribution in [1.29, 1.82) is 5.26 Å². The fourth-order valence-corrected chi connectivity index (χ4v) is 2.44. The summed E-state index contributed by atoms with van der Waals surface area (Å²) in [6.45, 7) is 0.122. The third-order valence-corrected chi connectivity index (χ3v) is 3.74. The van der Waals surface area contributed by atoms with Crippen molar-refractivity contribution in [2.45, 2.75) is 0 Å². The zero-order chi connectivity index (χ0) is 17.8. The Balaban J connectivity index is 1.96. The minimum absolute atomic E-state index is 0.0117. The van der Waals surface area contributed by atoms with Crippen LogP contribution >= 0.6 is 0 Å². The number of carbonyl (C=O) groups excluding carboxylic acids is 1. The van der Waals surface area contributed by atoms with E-state index in [9.17, 15) is 10.1 Å². The van der Waals surface area contributed by atoms with Crippen molar-refractivity contribution in [3.05, 3.63) is 53.1 Å². The average Bonchev–Trinajstić information content (AvgIpc) is 3.13. The number of allylic oxidation sites excluding steroid dienone is 1. The van der Waals surface area contributed by atoms with Gasteiger partial charge in [0.1, 0.15) is 23.1 Å². The van der Waals surface area contributed by atoms with Crippen LogP contribution in [0, 0.1) is 11.3 Å². The first-order valence-corrected chi connectivity index (χ1v) is 7.44. The van der Waals surface area contributed by atoms with Gasteiger partial charge in [0, 0.05) is 17.2 Å². The molecular formula is C19H15NO5. The number of fused-ring (bicyclic) bond motifs is 1. The first-order chi connectivity index (χ1) is 12.2. The van der Waals surface area contributed by atoms with Crippen molar-refractivity contribution < 1.29 is 23.7 Å². The van der Waals surface area contributed by atoms with Crippen LogP contribution in [-0.4, -0.2) is 26.8 Å². The monoisotopic (exact) mass is 337 g/mol. The average molecular weight is 337 g/mol. The fourth-order valence-electron chi connectivity index (χ4n) is 2.44. The molecule has 0 N–H and O–H groups in total. The standard InChI is InChI=1S/C19H15NO5/c1-22-15-5-3-12(17(9-15)23-2)7-14(10-20)19(21)13-4-6-16-18(8-13)25-11-24-16/h3-9H,11H2,1-2H3. The van der Waals surface area contributed by atoms with E-state index in [-0.39, 0.29) is 12.4 Å². The molecule has 0 aromatic heterocycles. The van der Waals surface area contributed by atoms with Gasteiger partial charge in [-0.05, 0) is 36.4 Å². The lowest BCUT2D eigenvalue weighted by Crippen LogP contribution is -2.02. The van der Waals surface area contributed by atoms with Gasteiger partial charge in [-0.3, -0.25) is 4.79 Å². The summed E-state index contributed by atoms with van der Waals surface area (Å²) in [5.41, 5.74) is 0.945. The molecule has 3 rings (SSSR count). The quantitative estimate of drug-likeness (QED) is 0.473. The Labute approximate surface area is 144 Å². The van der Waals surface area contributed by atoms with Gasteiger partial charge in [-0.1, -0.05) is 0 Å². The van der Waals surface area contributed by atoms with Crippen LogP contribution in [0.3, 0.4) is 0 Å². The van der Waals surface area contributed by atoms with E-state index in [4.69, 9.17) is 18.9 Å². The number of ketones is 1. The molecule has 0 saturated carbocycles. The smallest absolute Gasteiger partial charge is 0.231 e. The lowest BCUT2D eigenvalue weighted by atomic mass is 10.0. The number of nitriles is 1. The first kappa shape index (κ1) is 16.4. The molecule has 2 aromatic rings. The molecule has 25 heavy (non-hydrogen) atoms. The Kier molecular flexibility index (Phi) is 4.57. The molecule has 1 aliphatic heterocycles. The molecular weight excluding hydrogens is 322 g/mol. The van der Waals surface area contributed by atoms with Gasteiger partial charge >= 0.3 is 0 Å². The summed E-state index contributed by atoms with van der Waals surface area (Å²) < 4.78 is 20.9. The molecule has 0 amide bonds. The van der Waals surface area contributed by atoms with Crippen LogP contribution in [0.4, 0.5) is 0 Å².